The minimum Gasteiger partial charge on any atom is -0.340 e. The molecule has 1 saturated heterocycles. The van der Waals surface area contributed by atoms with Crippen LogP contribution in [0.2, 0.25) is 0 Å². The van der Waals surface area contributed by atoms with Gasteiger partial charge in [0.2, 0.25) is 15.9 Å². The number of benzene rings is 1. The fourth-order valence-corrected chi connectivity index (χ4v) is 4.04. The third-order valence-electron chi connectivity index (χ3n) is 4.56. The molecule has 25 heavy (non-hydrogen) atoms. The number of carbonyl (C=O) groups is 1. The van der Waals surface area contributed by atoms with Crippen LogP contribution in [0.3, 0.4) is 0 Å². The highest BCUT2D eigenvalue weighted by Gasteiger charge is 2.22. The summed E-state index contributed by atoms with van der Waals surface area (Å²) in [6.45, 7) is 6.60. The zero-order valence-corrected chi connectivity index (χ0v) is 15.6. The number of halogens is 1. The number of hydrogen-bond donors (Lipinski definition) is 0. The van der Waals surface area contributed by atoms with E-state index < -0.39 is 15.8 Å². The summed E-state index contributed by atoms with van der Waals surface area (Å²) < 4.78 is 38.9. The molecule has 0 atom stereocenters. The van der Waals surface area contributed by atoms with Crippen LogP contribution in [0.15, 0.2) is 29.2 Å². The molecule has 1 aliphatic heterocycles. The Bertz CT molecular complexity index is 671. The normalized spacial score (nSPS) is 16.4. The summed E-state index contributed by atoms with van der Waals surface area (Å²) >= 11 is 0. The molecule has 0 bridgehead atoms. The van der Waals surface area contributed by atoms with E-state index in [2.05, 4.69) is 11.8 Å². The van der Waals surface area contributed by atoms with Gasteiger partial charge in [-0.05, 0) is 37.2 Å². The summed E-state index contributed by atoms with van der Waals surface area (Å²) in [5.41, 5.74) is 0. The molecule has 1 aliphatic rings. The van der Waals surface area contributed by atoms with Crippen LogP contribution in [0, 0.1) is 5.82 Å². The van der Waals surface area contributed by atoms with Crippen LogP contribution in [0.1, 0.15) is 19.8 Å². The minimum atomic E-state index is -3.65. The van der Waals surface area contributed by atoms with Crippen LogP contribution in [0.25, 0.3) is 0 Å². The maximum absolute atomic E-state index is 12.9. The minimum absolute atomic E-state index is 0.0541. The van der Waals surface area contributed by atoms with E-state index >= 15 is 0 Å². The average molecular weight is 371 g/mol. The molecule has 6 nitrogen and oxygen atoms in total. The molecular formula is C17H26FN3O3S. The Kier molecular flexibility index (Phi) is 6.92. The van der Waals surface area contributed by atoms with Crippen molar-refractivity contribution in [1.82, 2.24) is 14.1 Å². The molecule has 2 rings (SSSR count). The predicted octanol–water partition coefficient (Wildman–Crippen LogP) is 1.39. The van der Waals surface area contributed by atoms with Crippen molar-refractivity contribution in [2.24, 2.45) is 0 Å². The summed E-state index contributed by atoms with van der Waals surface area (Å²) in [6, 6.07) is 4.75. The number of hydrogen-bond acceptors (Lipinski definition) is 4. The molecule has 1 heterocycles. The van der Waals surface area contributed by atoms with Crippen LogP contribution in [0.4, 0.5) is 4.39 Å². The van der Waals surface area contributed by atoms with Crippen LogP contribution < -0.4 is 0 Å². The van der Waals surface area contributed by atoms with Gasteiger partial charge in [0.1, 0.15) is 5.82 Å². The second-order valence-electron chi connectivity index (χ2n) is 6.20. The van der Waals surface area contributed by atoms with Crippen molar-refractivity contribution in [2.45, 2.75) is 24.7 Å². The van der Waals surface area contributed by atoms with Gasteiger partial charge in [0, 0.05) is 46.2 Å². The van der Waals surface area contributed by atoms with Crippen molar-refractivity contribution >= 4 is 15.9 Å². The first-order valence-electron chi connectivity index (χ1n) is 8.56. The van der Waals surface area contributed by atoms with E-state index in [4.69, 9.17) is 0 Å². The largest absolute Gasteiger partial charge is 0.340 e. The number of piperazine rings is 1. The van der Waals surface area contributed by atoms with Gasteiger partial charge in [0.15, 0.2) is 0 Å². The van der Waals surface area contributed by atoms with Gasteiger partial charge in [0.25, 0.3) is 0 Å². The van der Waals surface area contributed by atoms with E-state index in [1.54, 1.807) is 0 Å². The van der Waals surface area contributed by atoms with E-state index in [-0.39, 0.29) is 17.3 Å². The monoisotopic (exact) mass is 371 g/mol. The zero-order chi connectivity index (χ0) is 18.4. The molecule has 1 fully saturated rings. The SMILES string of the molecule is CCN1CCN(C(=O)CCCN(C)S(=O)(=O)c2ccc(F)cc2)CC1. The number of carbonyl (C=O) groups excluding carboxylic acids is 1. The smallest absolute Gasteiger partial charge is 0.242 e. The Balaban J connectivity index is 1.80. The van der Waals surface area contributed by atoms with Crippen LogP contribution in [-0.4, -0.2) is 74.7 Å². The van der Waals surface area contributed by atoms with Crippen molar-refractivity contribution < 1.29 is 17.6 Å². The maximum Gasteiger partial charge on any atom is 0.242 e. The lowest BCUT2D eigenvalue weighted by Crippen LogP contribution is -2.48. The molecule has 0 aliphatic carbocycles. The fourth-order valence-electron chi connectivity index (χ4n) is 2.83. The second kappa shape index (κ2) is 8.73. The average Bonchev–Trinajstić information content (AvgIpc) is 2.62. The fraction of sp³-hybridized carbons (Fsp3) is 0.588. The van der Waals surface area contributed by atoms with E-state index in [9.17, 15) is 17.6 Å². The van der Waals surface area contributed by atoms with Crippen molar-refractivity contribution in [1.29, 1.82) is 0 Å². The van der Waals surface area contributed by atoms with Gasteiger partial charge in [-0.1, -0.05) is 6.92 Å². The quantitative estimate of drug-likeness (QED) is 0.727. The topological polar surface area (TPSA) is 60.9 Å². The van der Waals surface area contributed by atoms with E-state index in [0.717, 1.165) is 44.9 Å². The van der Waals surface area contributed by atoms with Gasteiger partial charge >= 0.3 is 0 Å². The van der Waals surface area contributed by atoms with Gasteiger partial charge in [-0.25, -0.2) is 17.1 Å². The van der Waals surface area contributed by atoms with Gasteiger partial charge in [0.05, 0.1) is 4.90 Å². The molecule has 8 heteroatoms. The number of sulfonamides is 1. The van der Waals surface area contributed by atoms with Crippen LogP contribution >= 0.6 is 0 Å². The third kappa shape index (κ3) is 5.23. The number of amides is 1. The van der Waals surface area contributed by atoms with Crippen molar-refractivity contribution in [3.05, 3.63) is 30.1 Å². The van der Waals surface area contributed by atoms with E-state index in [0.29, 0.717) is 12.8 Å². The molecular weight excluding hydrogens is 345 g/mol. The van der Waals surface area contributed by atoms with Crippen molar-refractivity contribution in [3.8, 4) is 0 Å². The lowest BCUT2D eigenvalue weighted by Gasteiger charge is -2.34. The molecule has 0 unspecified atom stereocenters. The Hall–Kier alpha value is -1.51. The summed E-state index contributed by atoms with van der Waals surface area (Å²) in [5, 5.41) is 0. The Labute approximate surface area is 149 Å². The number of rotatable bonds is 7. The van der Waals surface area contributed by atoms with Gasteiger partial charge in [-0.3, -0.25) is 4.79 Å². The molecule has 0 spiro atoms. The molecule has 0 saturated carbocycles. The molecule has 1 aromatic carbocycles. The predicted molar refractivity (Wildman–Crippen MR) is 94.1 cm³/mol. The first-order chi connectivity index (χ1) is 11.8. The zero-order valence-electron chi connectivity index (χ0n) is 14.8. The second-order valence-corrected chi connectivity index (χ2v) is 8.24. The standard InChI is InChI=1S/C17H26FN3O3S/c1-3-20-11-13-21(14-12-20)17(22)5-4-10-19(2)25(23,24)16-8-6-15(18)7-9-16/h6-9H,3-5,10-14H2,1-2H3. The van der Waals surface area contributed by atoms with Crippen LogP contribution in [0.5, 0.6) is 0 Å². The van der Waals surface area contributed by atoms with E-state index in [1.165, 1.54) is 23.5 Å². The molecule has 0 radical (unpaired) electrons. The van der Waals surface area contributed by atoms with Crippen LogP contribution in [-0.2, 0) is 14.8 Å². The highest BCUT2D eigenvalue weighted by Crippen LogP contribution is 2.15. The van der Waals surface area contributed by atoms with Crippen molar-refractivity contribution in [2.75, 3.05) is 46.3 Å². The molecule has 0 N–H and O–H groups in total. The van der Waals surface area contributed by atoms with Gasteiger partial charge < -0.3 is 9.80 Å². The summed E-state index contributed by atoms with van der Waals surface area (Å²) in [6.07, 6.45) is 0.791. The lowest BCUT2D eigenvalue weighted by molar-refractivity contribution is -0.133. The highest BCUT2D eigenvalue weighted by molar-refractivity contribution is 7.89. The molecule has 1 amide bonds. The third-order valence-corrected chi connectivity index (χ3v) is 6.43. The maximum atomic E-state index is 12.9. The number of nitrogens with zero attached hydrogens (tertiary/aromatic N) is 3. The highest BCUT2D eigenvalue weighted by atomic mass is 32.2. The number of likely N-dealkylation sites (N-methyl/N-ethyl adjacent to an activating group) is 1. The van der Waals surface area contributed by atoms with Crippen molar-refractivity contribution in [3.63, 3.8) is 0 Å². The molecule has 140 valence electrons. The Morgan fingerprint density at radius 2 is 1.76 bits per heavy atom. The summed E-state index contributed by atoms with van der Waals surface area (Å²) in [4.78, 5) is 16.4. The van der Waals surface area contributed by atoms with Gasteiger partial charge in [-0.2, -0.15) is 0 Å². The summed E-state index contributed by atoms with van der Waals surface area (Å²) in [5.74, 6) is -0.404. The Morgan fingerprint density at radius 1 is 1.16 bits per heavy atom. The Morgan fingerprint density at radius 3 is 2.32 bits per heavy atom. The lowest BCUT2D eigenvalue weighted by atomic mass is 10.2. The van der Waals surface area contributed by atoms with E-state index in [1.807, 2.05) is 4.90 Å². The summed E-state index contributed by atoms with van der Waals surface area (Å²) in [7, 11) is -2.18. The molecule has 1 aromatic rings. The van der Waals surface area contributed by atoms with Gasteiger partial charge in [-0.15, -0.1) is 0 Å². The first kappa shape index (κ1) is 19.8. The first-order valence-corrected chi connectivity index (χ1v) is 10.0. The molecule has 0 aromatic heterocycles.